The molecule has 5 heteroatoms. The first kappa shape index (κ1) is 14.4. The maximum Gasteiger partial charge on any atom is 0.307 e. The summed E-state index contributed by atoms with van der Waals surface area (Å²) < 4.78 is 4.52. The molecule has 0 atom stereocenters. The van der Waals surface area contributed by atoms with Gasteiger partial charge in [-0.15, -0.1) is 11.3 Å². The summed E-state index contributed by atoms with van der Waals surface area (Å²) in [4.78, 5) is 25.3. The second kappa shape index (κ2) is 6.96. The van der Waals surface area contributed by atoms with Crippen molar-refractivity contribution >= 4 is 29.3 Å². The summed E-state index contributed by atoms with van der Waals surface area (Å²) in [6.45, 7) is 2.36. The molecule has 1 aromatic heterocycles. The van der Waals surface area contributed by atoms with E-state index < -0.39 is 0 Å². The highest BCUT2D eigenvalue weighted by Gasteiger charge is 2.08. The minimum Gasteiger partial charge on any atom is -0.469 e. The van der Waals surface area contributed by atoms with E-state index in [1.807, 2.05) is 18.4 Å². The van der Waals surface area contributed by atoms with Gasteiger partial charge in [-0.3, -0.25) is 9.59 Å². The van der Waals surface area contributed by atoms with Gasteiger partial charge in [0.05, 0.1) is 13.5 Å². The zero-order valence-electron chi connectivity index (χ0n) is 10.8. The Morgan fingerprint density at radius 3 is 2.78 bits per heavy atom. The van der Waals surface area contributed by atoms with Gasteiger partial charge in [-0.05, 0) is 30.0 Å². The molecule has 1 aromatic rings. The molecule has 18 heavy (non-hydrogen) atoms. The van der Waals surface area contributed by atoms with E-state index >= 15 is 0 Å². The Bertz CT molecular complexity index is 451. The third kappa shape index (κ3) is 4.33. The van der Waals surface area contributed by atoms with Crippen molar-refractivity contribution in [2.75, 3.05) is 20.7 Å². The van der Waals surface area contributed by atoms with Gasteiger partial charge in [-0.2, -0.15) is 0 Å². The number of aryl methyl sites for hydroxylation is 1. The first-order valence-corrected chi connectivity index (χ1v) is 6.46. The predicted octanol–water partition coefficient (Wildman–Crippen LogP) is 2.09. The molecular formula is C13H17NO3S. The Balaban J connectivity index is 2.47. The first-order chi connectivity index (χ1) is 8.54. The monoisotopic (exact) mass is 267 g/mol. The number of rotatable bonds is 5. The van der Waals surface area contributed by atoms with Crippen LogP contribution in [0.25, 0.3) is 6.08 Å². The Hall–Kier alpha value is -1.62. The van der Waals surface area contributed by atoms with Crippen molar-refractivity contribution in [2.45, 2.75) is 13.3 Å². The molecule has 1 heterocycles. The third-order valence-electron chi connectivity index (χ3n) is 2.53. The topological polar surface area (TPSA) is 46.6 Å². The number of hydrogen-bond acceptors (Lipinski definition) is 4. The fraction of sp³-hybridized carbons (Fsp3) is 0.385. The average Bonchev–Trinajstić information content (AvgIpc) is 2.78. The number of nitrogens with zero attached hydrogens (tertiary/aromatic N) is 1. The summed E-state index contributed by atoms with van der Waals surface area (Å²) in [5, 5.41) is 1.99. The molecule has 0 spiro atoms. The van der Waals surface area contributed by atoms with Crippen LogP contribution in [0.2, 0.25) is 0 Å². The van der Waals surface area contributed by atoms with E-state index in [1.165, 1.54) is 18.1 Å². The lowest BCUT2D eigenvalue weighted by Gasteiger charge is -2.13. The lowest BCUT2D eigenvalue weighted by atomic mass is 10.2. The van der Waals surface area contributed by atoms with Crippen molar-refractivity contribution in [1.82, 2.24) is 4.90 Å². The molecule has 0 unspecified atom stereocenters. The largest absolute Gasteiger partial charge is 0.469 e. The first-order valence-electron chi connectivity index (χ1n) is 5.58. The van der Waals surface area contributed by atoms with E-state index in [-0.39, 0.29) is 18.3 Å². The van der Waals surface area contributed by atoms with Crippen molar-refractivity contribution in [1.29, 1.82) is 0 Å². The molecular weight excluding hydrogens is 250 g/mol. The number of carbonyl (C=O) groups excluding carboxylic acids is 2. The molecule has 0 saturated heterocycles. The van der Waals surface area contributed by atoms with Crippen LogP contribution in [0.15, 0.2) is 17.5 Å². The average molecular weight is 267 g/mol. The summed E-state index contributed by atoms with van der Waals surface area (Å²) in [7, 11) is 3.00. The second-order valence-corrected chi connectivity index (χ2v) is 4.83. The minimum absolute atomic E-state index is 0.119. The highest BCUT2D eigenvalue weighted by atomic mass is 32.1. The molecule has 0 aromatic carbocycles. The van der Waals surface area contributed by atoms with Crippen LogP contribution in [0.3, 0.4) is 0 Å². The van der Waals surface area contributed by atoms with Crippen LogP contribution in [0.1, 0.15) is 16.9 Å². The Morgan fingerprint density at radius 1 is 1.50 bits per heavy atom. The van der Waals surface area contributed by atoms with Gasteiger partial charge in [0.15, 0.2) is 0 Å². The number of hydrogen-bond donors (Lipinski definition) is 0. The normalized spacial score (nSPS) is 10.6. The van der Waals surface area contributed by atoms with Crippen LogP contribution in [0.5, 0.6) is 0 Å². The van der Waals surface area contributed by atoms with Crippen molar-refractivity contribution in [3.8, 4) is 0 Å². The SMILES string of the molecule is COC(=O)CCN(C)C(=O)C=Cc1sccc1C. The van der Waals surface area contributed by atoms with Gasteiger partial charge < -0.3 is 9.64 Å². The molecule has 1 amide bonds. The van der Waals surface area contributed by atoms with Gasteiger partial charge in [-0.1, -0.05) is 0 Å². The maximum atomic E-state index is 11.7. The second-order valence-electron chi connectivity index (χ2n) is 3.89. The zero-order chi connectivity index (χ0) is 13.5. The van der Waals surface area contributed by atoms with Gasteiger partial charge in [0.2, 0.25) is 5.91 Å². The number of ether oxygens (including phenoxy) is 1. The summed E-state index contributed by atoms with van der Waals surface area (Å²) in [6, 6.07) is 2.01. The van der Waals surface area contributed by atoms with Gasteiger partial charge in [-0.25, -0.2) is 0 Å². The standard InChI is InChI=1S/C13H17NO3S/c1-10-7-9-18-11(10)4-5-12(15)14(2)8-6-13(16)17-3/h4-5,7,9H,6,8H2,1-3H3. The van der Waals surface area contributed by atoms with Crippen molar-refractivity contribution < 1.29 is 14.3 Å². The summed E-state index contributed by atoms with van der Waals surface area (Å²) in [6.07, 6.45) is 3.54. The lowest BCUT2D eigenvalue weighted by Crippen LogP contribution is -2.27. The molecule has 4 nitrogen and oxygen atoms in total. The van der Waals surface area contributed by atoms with Crippen molar-refractivity contribution in [3.63, 3.8) is 0 Å². The number of carbonyl (C=O) groups is 2. The zero-order valence-corrected chi connectivity index (χ0v) is 11.6. The van der Waals surface area contributed by atoms with Crippen LogP contribution < -0.4 is 0 Å². The molecule has 0 aliphatic carbocycles. The number of thiophene rings is 1. The Morgan fingerprint density at radius 2 is 2.22 bits per heavy atom. The quantitative estimate of drug-likeness (QED) is 0.606. The molecule has 0 saturated carbocycles. The van der Waals surface area contributed by atoms with E-state index in [9.17, 15) is 9.59 Å². The maximum absolute atomic E-state index is 11.7. The van der Waals surface area contributed by atoms with Crippen LogP contribution in [-0.2, 0) is 14.3 Å². The van der Waals surface area contributed by atoms with Gasteiger partial charge in [0.1, 0.15) is 0 Å². The van der Waals surface area contributed by atoms with Crippen molar-refractivity contribution in [3.05, 3.63) is 28.0 Å². The highest BCUT2D eigenvalue weighted by Crippen LogP contribution is 2.17. The molecule has 98 valence electrons. The lowest BCUT2D eigenvalue weighted by molar-refractivity contribution is -0.141. The molecule has 0 fully saturated rings. The fourth-order valence-corrected chi connectivity index (χ4v) is 2.12. The van der Waals surface area contributed by atoms with Crippen molar-refractivity contribution in [2.24, 2.45) is 0 Å². The highest BCUT2D eigenvalue weighted by molar-refractivity contribution is 7.11. The Kier molecular flexibility index (Phi) is 5.58. The fourth-order valence-electron chi connectivity index (χ4n) is 1.30. The summed E-state index contributed by atoms with van der Waals surface area (Å²) >= 11 is 1.59. The van der Waals surface area contributed by atoms with Crippen LogP contribution >= 0.6 is 11.3 Å². The Labute approximate surface area is 111 Å². The van der Waals surface area contributed by atoms with Gasteiger partial charge in [0, 0.05) is 24.5 Å². The van der Waals surface area contributed by atoms with Crippen LogP contribution in [0, 0.1) is 6.92 Å². The van der Waals surface area contributed by atoms with E-state index in [4.69, 9.17) is 0 Å². The summed E-state index contributed by atoms with van der Waals surface area (Å²) in [5.74, 6) is -0.431. The number of likely N-dealkylation sites (N-methyl/N-ethyl adjacent to an activating group) is 1. The van der Waals surface area contributed by atoms with Gasteiger partial charge >= 0.3 is 5.97 Å². The van der Waals surface area contributed by atoms with E-state index in [1.54, 1.807) is 24.5 Å². The molecule has 0 radical (unpaired) electrons. The molecule has 0 aliphatic rings. The number of amides is 1. The molecule has 1 rings (SSSR count). The predicted molar refractivity (Wildman–Crippen MR) is 72.4 cm³/mol. The molecule has 0 bridgehead atoms. The van der Waals surface area contributed by atoms with Crippen LogP contribution in [0.4, 0.5) is 0 Å². The third-order valence-corrected chi connectivity index (χ3v) is 3.52. The van der Waals surface area contributed by atoms with Gasteiger partial charge in [0.25, 0.3) is 0 Å². The van der Waals surface area contributed by atoms with Crippen LogP contribution in [-0.4, -0.2) is 37.5 Å². The smallest absolute Gasteiger partial charge is 0.307 e. The molecule has 0 N–H and O–H groups in total. The summed E-state index contributed by atoms with van der Waals surface area (Å²) in [5.41, 5.74) is 1.15. The molecule has 0 aliphatic heterocycles. The van der Waals surface area contributed by atoms with E-state index in [0.717, 1.165) is 10.4 Å². The van der Waals surface area contributed by atoms with E-state index in [2.05, 4.69) is 4.74 Å². The number of methoxy groups -OCH3 is 1. The minimum atomic E-state index is -0.312. The van der Waals surface area contributed by atoms with E-state index in [0.29, 0.717) is 6.54 Å². The number of esters is 1.